The number of carbonyl (C=O) groups excluding carboxylic acids is 1. The summed E-state index contributed by atoms with van der Waals surface area (Å²) in [6.07, 6.45) is 3.04. The lowest BCUT2D eigenvalue weighted by Crippen LogP contribution is -2.50. The van der Waals surface area contributed by atoms with Crippen LogP contribution < -0.4 is 4.74 Å². The highest BCUT2D eigenvalue weighted by Crippen LogP contribution is 2.27. The number of para-hydroxylation sites is 1. The average molecular weight is 459 g/mol. The van der Waals surface area contributed by atoms with Crippen molar-refractivity contribution in [1.29, 1.82) is 0 Å². The molecule has 0 spiro atoms. The van der Waals surface area contributed by atoms with Gasteiger partial charge in [-0.05, 0) is 61.6 Å². The van der Waals surface area contributed by atoms with Crippen molar-refractivity contribution in [2.24, 2.45) is 0 Å². The molecule has 1 amide bonds. The molecule has 2 aromatic carbocycles. The minimum absolute atomic E-state index is 0.147. The number of fused-ring (bicyclic) bond motifs is 1. The van der Waals surface area contributed by atoms with Crippen LogP contribution in [-0.4, -0.2) is 69.5 Å². The van der Waals surface area contributed by atoms with E-state index in [1.54, 1.807) is 29.2 Å². The van der Waals surface area contributed by atoms with Crippen LogP contribution in [0, 0.1) is 0 Å². The third kappa shape index (κ3) is 4.82. The predicted molar refractivity (Wildman–Crippen MR) is 122 cm³/mol. The van der Waals surface area contributed by atoms with Gasteiger partial charge in [0.1, 0.15) is 12.4 Å². The highest BCUT2D eigenvalue weighted by atomic mass is 32.2. The number of ether oxygens (including phenoxy) is 2. The fourth-order valence-corrected chi connectivity index (χ4v) is 5.76. The molecule has 32 heavy (non-hydrogen) atoms. The number of piperazine rings is 1. The van der Waals surface area contributed by atoms with Crippen LogP contribution >= 0.6 is 0 Å². The van der Waals surface area contributed by atoms with Crippen LogP contribution in [0.15, 0.2) is 47.4 Å². The van der Waals surface area contributed by atoms with Crippen molar-refractivity contribution in [1.82, 2.24) is 9.21 Å². The number of carbonyl (C=O) groups is 1. The van der Waals surface area contributed by atoms with E-state index < -0.39 is 10.0 Å². The first-order valence-electron chi connectivity index (χ1n) is 11.2. The van der Waals surface area contributed by atoms with Gasteiger partial charge in [0.25, 0.3) is 5.91 Å². The smallest absolute Gasteiger partial charge is 0.257 e. The normalized spacial score (nSPS) is 16.7. The lowest BCUT2D eigenvalue weighted by molar-refractivity contribution is 0.0688. The number of nitrogens with zero attached hydrogens (tertiary/aromatic N) is 2. The number of hydrogen-bond donors (Lipinski definition) is 0. The monoisotopic (exact) mass is 458 g/mol. The molecule has 0 radical (unpaired) electrons. The first-order chi connectivity index (χ1) is 15.5. The van der Waals surface area contributed by atoms with E-state index in [1.165, 1.54) is 9.87 Å². The minimum Gasteiger partial charge on any atom is -0.490 e. The third-order valence-electron chi connectivity index (χ3n) is 6.04. The highest BCUT2D eigenvalue weighted by molar-refractivity contribution is 7.89. The van der Waals surface area contributed by atoms with Gasteiger partial charge in [-0.1, -0.05) is 18.2 Å². The number of amides is 1. The number of hydrogen-bond acceptors (Lipinski definition) is 5. The van der Waals surface area contributed by atoms with Gasteiger partial charge in [0.2, 0.25) is 10.0 Å². The maximum Gasteiger partial charge on any atom is 0.257 e. The molecule has 0 bridgehead atoms. The van der Waals surface area contributed by atoms with E-state index in [-0.39, 0.29) is 19.0 Å². The summed E-state index contributed by atoms with van der Waals surface area (Å²) in [5.41, 5.74) is 2.88. The van der Waals surface area contributed by atoms with Gasteiger partial charge in [-0.25, -0.2) is 8.42 Å². The van der Waals surface area contributed by atoms with Crippen molar-refractivity contribution in [2.45, 2.75) is 31.1 Å². The molecule has 0 unspecified atom stereocenters. The second-order valence-corrected chi connectivity index (χ2v) is 9.96. The second kappa shape index (κ2) is 10.0. The van der Waals surface area contributed by atoms with Crippen molar-refractivity contribution in [3.63, 3.8) is 0 Å². The first-order valence-corrected chi connectivity index (χ1v) is 12.7. The van der Waals surface area contributed by atoms with Gasteiger partial charge >= 0.3 is 0 Å². The van der Waals surface area contributed by atoms with Crippen LogP contribution in [0.5, 0.6) is 5.75 Å². The lowest BCUT2D eigenvalue weighted by Gasteiger charge is -2.34. The van der Waals surface area contributed by atoms with Crippen molar-refractivity contribution >= 4 is 15.9 Å². The van der Waals surface area contributed by atoms with Gasteiger partial charge in [0, 0.05) is 32.8 Å². The Balaban J connectivity index is 1.40. The number of benzene rings is 2. The Labute approximate surface area is 190 Å². The quantitative estimate of drug-likeness (QED) is 0.569. The van der Waals surface area contributed by atoms with E-state index in [9.17, 15) is 13.2 Å². The molecule has 1 aliphatic heterocycles. The Hall–Kier alpha value is -2.42. The Bertz CT molecular complexity index is 1060. The lowest BCUT2D eigenvalue weighted by atomic mass is 10.1. The number of aryl methyl sites for hydroxylation is 2. The molecule has 1 fully saturated rings. The zero-order valence-electron chi connectivity index (χ0n) is 18.5. The zero-order valence-corrected chi connectivity index (χ0v) is 19.3. The molecule has 1 heterocycles. The highest BCUT2D eigenvalue weighted by Gasteiger charge is 2.31. The topological polar surface area (TPSA) is 76.2 Å². The molecule has 7 nitrogen and oxygen atoms in total. The van der Waals surface area contributed by atoms with Crippen molar-refractivity contribution < 1.29 is 22.7 Å². The number of rotatable bonds is 8. The molecular weight excluding hydrogens is 428 g/mol. The molecule has 8 heteroatoms. The summed E-state index contributed by atoms with van der Waals surface area (Å²) in [5.74, 6) is 0.372. The summed E-state index contributed by atoms with van der Waals surface area (Å²) >= 11 is 0. The van der Waals surface area contributed by atoms with Crippen molar-refractivity contribution in [3.8, 4) is 5.75 Å². The molecule has 0 saturated carbocycles. The van der Waals surface area contributed by atoms with Gasteiger partial charge in [0.15, 0.2) is 0 Å². The summed E-state index contributed by atoms with van der Waals surface area (Å²) in [5, 5.41) is 0. The van der Waals surface area contributed by atoms with Crippen LogP contribution in [-0.2, 0) is 27.6 Å². The van der Waals surface area contributed by atoms with E-state index >= 15 is 0 Å². The van der Waals surface area contributed by atoms with Crippen molar-refractivity contribution in [2.75, 3.05) is 46.0 Å². The van der Waals surface area contributed by atoms with Crippen molar-refractivity contribution in [3.05, 3.63) is 59.2 Å². The largest absolute Gasteiger partial charge is 0.490 e. The average Bonchev–Trinajstić information content (AvgIpc) is 3.30. The second-order valence-electron chi connectivity index (χ2n) is 8.02. The van der Waals surface area contributed by atoms with E-state index in [2.05, 4.69) is 0 Å². The standard InChI is InChI=1S/C24H30N2O5S/c1-2-30-16-17-31-23-9-4-3-8-22(23)24(27)25-12-14-26(15-13-25)32(28,29)21-11-10-19-6-5-7-20(19)18-21/h3-4,8-11,18H,2,5-7,12-17H2,1H3. The molecule has 172 valence electrons. The first kappa shape index (κ1) is 22.8. The van der Waals surface area contributed by atoms with Gasteiger partial charge in [-0.2, -0.15) is 4.31 Å². The van der Waals surface area contributed by atoms with E-state index in [4.69, 9.17) is 9.47 Å². The molecule has 2 aromatic rings. The molecule has 1 saturated heterocycles. The summed E-state index contributed by atoms with van der Waals surface area (Å²) < 4.78 is 38.8. The summed E-state index contributed by atoms with van der Waals surface area (Å²) in [6.45, 7) is 4.59. The maximum absolute atomic E-state index is 13.1. The van der Waals surface area contributed by atoms with Crippen LogP contribution in [0.3, 0.4) is 0 Å². The minimum atomic E-state index is -3.57. The SMILES string of the molecule is CCOCCOc1ccccc1C(=O)N1CCN(S(=O)(=O)c2ccc3c(c2)CCC3)CC1. The third-order valence-corrected chi connectivity index (χ3v) is 7.94. The summed E-state index contributed by atoms with van der Waals surface area (Å²) in [4.78, 5) is 15.2. The Kier molecular flexibility index (Phi) is 7.13. The molecule has 0 N–H and O–H groups in total. The fourth-order valence-electron chi connectivity index (χ4n) is 4.28. The van der Waals surface area contributed by atoms with E-state index in [0.717, 1.165) is 24.8 Å². The molecular formula is C24H30N2O5S. The molecule has 0 atom stereocenters. The van der Waals surface area contributed by atoms with Crippen LogP contribution in [0.25, 0.3) is 0 Å². The van der Waals surface area contributed by atoms with Gasteiger partial charge in [-0.15, -0.1) is 0 Å². The molecule has 2 aliphatic rings. The van der Waals surface area contributed by atoms with E-state index in [1.807, 2.05) is 25.1 Å². The summed E-state index contributed by atoms with van der Waals surface area (Å²) in [7, 11) is -3.57. The Morgan fingerprint density at radius 1 is 0.969 bits per heavy atom. The molecule has 4 rings (SSSR count). The van der Waals surface area contributed by atoms with Gasteiger partial charge < -0.3 is 14.4 Å². The number of sulfonamides is 1. The Morgan fingerprint density at radius 2 is 1.72 bits per heavy atom. The van der Waals surface area contributed by atoms with Crippen LogP contribution in [0.4, 0.5) is 0 Å². The fraction of sp³-hybridized carbons (Fsp3) is 0.458. The zero-order chi connectivity index (χ0) is 22.6. The van der Waals surface area contributed by atoms with E-state index in [0.29, 0.717) is 49.1 Å². The van der Waals surface area contributed by atoms with Crippen LogP contribution in [0.2, 0.25) is 0 Å². The molecule has 1 aliphatic carbocycles. The molecule has 0 aromatic heterocycles. The van der Waals surface area contributed by atoms with Crippen LogP contribution in [0.1, 0.15) is 34.8 Å². The Morgan fingerprint density at radius 3 is 2.50 bits per heavy atom. The maximum atomic E-state index is 13.1. The van der Waals surface area contributed by atoms with Gasteiger partial charge in [0.05, 0.1) is 17.1 Å². The predicted octanol–water partition coefficient (Wildman–Crippen LogP) is 2.74. The summed E-state index contributed by atoms with van der Waals surface area (Å²) in [6, 6.07) is 12.6. The van der Waals surface area contributed by atoms with Gasteiger partial charge in [-0.3, -0.25) is 4.79 Å².